The summed E-state index contributed by atoms with van der Waals surface area (Å²) in [6.45, 7) is 2.21. The van der Waals surface area contributed by atoms with Gasteiger partial charge in [-0.3, -0.25) is 0 Å². The Morgan fingerprint density at radius 2 is 1.90 bits per heavy atom. The van der Waals surface area contributed by atoms with Crippen molar-refractivity contribution in [2.45, 2.75) is 6.92 Å². The van der Waals surface area contributed by atoms with Crippen LogP contribution in [0.1, 0.15) is 23.6 Å². The first-order valence-corrected chi connectivity index (χ1v) is 6.08. The molecule has 0 saturated carbocycles. The van der Waals surface area contributed by atoms with E-state index in [0.29, 0.717) is 12.4 Å². The summed E-state index contributed by atoms with van der Waals surface area (Å²) in [5.74, 6) is 0.614. The van der Waals surface area contributed by atoms with Gasteiger partial charge >= 0.3 is 0 Å². The fraction of sp³-hybridized carbons (Fsp3) is 0.133. The molecule has 0 atom stereocenters. The van der Waals surface area contributed by atoms with Crippen LogP contribution in [-0.4, -0.2) is 17.8 Å². The van der Waals surface area contributed by atoms with Crippen LogP contribution in [0.2, 0.25) is 0 Å². The number of aliphatic imine (C=N–C) groups is 1. The van der Waals surface area contributed by atoms with Crippen LogP contribution in [0.4, 0.5) is 5.82 Å². The van der Waals surface area contributed by atoms with Gasteiger partial charge in [-0.1, -0.05) is 30.3 Å². The molecule has 0 amide bonds. The Morgan fingerprint density at radius 1 is 1.20 bits per heavy atom. The van der Waals surface area contributed by atoms with Crippen molar-refractivity contribution in [3.8, 4) is 18.0 Å². The summed E-state index contributed by atoms with van der Waals surface area (Å²) < 4.78 is 5.30. The molecule has 0 aliphatic carbocycles. The maximum atomic E-state index is 9.16. The highest BCUT2D eigenvalue weighted by atomic mass is 16.5. The zero-order valence-electron chi connectivity index (χ0n) is 10.9. The van der Waals surface area contributed by atoms with E-state index in [-0.39, 0.29) is 17.0 Å². The predicted octanol–water partition coefficient (Wildman–Crippen LogP) is 2.91. The van der Waals surface area contributed by atoms with E-state index >= 15 is 0 Å². The molecule has 5 nitrogen and oxygen atoms in total. The molecule has 20 heavy (non-hydrogen) atoms. The molecule has 1 aromatic carbocycles. The maximum Gasteiger partial charge on any atom is 0.212 e. The van der Waals surface area contributed by atoms with E-state index in [9.17, 15) is 0 Å². The van der Waals surface area contributed by atoms with Crippen LogP contribution in [-0.2, 0) is 0 Å². The third-order valence-corrected chi connectivity index (χ3v) is 2.60. The minimum Gasteiger partial charge on any atom is -0.478 e. The van der Waals surface area contributed by atoms with Crippen LogP contribution in [0.5, 0.6) is 5.88 Å². The van der Waals surface area contributed by atoms with Gasteiger partial charge in [0.25, 0.3) is 0 Å². The summed E-state index contributed by atoms with van der Waals surface area (Å²) in [4.78, 5) is 7.08. The Kier molecular flexibility index (Phi) is 4.16. The van der Waals surface area contributed by atoms with Crippen LogP contribution < -0.4 is 4.74 Å². The Labute approximate surface area is 116 Å². The lowest BCUT2D eigenvalue weighted by Crippen LogP contribution is -1.93. The van der Waals surface area contributed by atoms with E-state index in [4.69, 9.17) is 15.3 Å². The number of rotatable bonds is 4. The molecule has 98 valence electrons. The maximum absolute atomic E-state index is 9.16. The molecule has 0 saturated heterocycles. The third kappa shape index (κ3) is 2.68. The van der Waals surface area contributed by atoms with Crippen LogP contribution >= 0.6 is 0 Å². The number of aromatic amines is 1. The predicted molar refractivity (Wildman–Crippen MR) is 75.1 cm³/mol. The lowest BCUT2D eigenvalue weighted by Gasteiger charge is -1.97. The molecule has 0 aliphatic heterocycles. The number of benzene rings is 1. The minimum atomic E-state index is 0.189. The smallest absolute Gasteiger partial charge is 0.212 e. The molecule has 0 fully saturated rings. The number of nitriles is 2. The van der Waals surface area contributed by atoms with E-state index in [1.807, 2.05) is 42.5 Å². The Hall–Kier alpha value is -3.05. The second-order valence-corrected chi connectivity index (χ2v) is 3.88. The molecular weight excluding hydrogens is 252 g/mol. The average molecular weight is 264 g/mol. The van der Waals surface area contributed by atoms with Gasteiger partial charge in [-0.2, -0.15) is 10.5 Å². The van der Waals surface area contributed by atoms with Crippen LogP contribution in [0.3, 0.4) is 0 Å². The minimum absolute atomic E-state index is 0.189. The fourth-order valence-corrected chi connectivity index (χ4v) is 1.71. The van der Waals surface area contributed by atoms with Crippen molar-refractivity contribution in [2.24, 2.45) is 4.99 Å². The Balaban J connectivity index is 2.40. The SMILES string of the molecule is CCOc1[nH]c(N=Cc2ccccc2)c(C#N)c1C#N. The molecule has 2 rings (SSSR count). The molecule has 1 N–H and O–H groups in total. The summed E-state index contributed by atoms with van der Waals surface area (Å²) in [6, 6.07) is 13.4. The van der Waals surface area contributed by atoms with Crippen molar-refractivity contribution in [1.82, 2.24) is 4.98 Å². The molecule has 0 radical (unpaired) electrons. The van der Waals surface area contributed by atoms with Gasteiger partial charge in [-0.25, -0.2) is 4.99 Å². The monoisotopic (exact) mass is 264 g/mol. The Bertz CT molecular complexity index is 702. The third-order valence-electron chi connectivity index (χ3n) is 2.60. The zero-order valence-corrected chi connectivity index (χ0v) is 10.9. The number of hydrogen-bond acceptors (Lipinski definition) is 4. The van der Waals surface area contributed by atoms with E-state index < -0.39 is 0 Å². The molecule has 2 aromatic rings. The molecule has 0 aliphatic rings. The summed E-state index contributed by atoms with van der Waals surface area (Å²) in [5, 5.41) is 18.3. The number of aromatic nitrogens is 1. The van der Waals surface area contributed by atoms with Crippen molar-refractivity contribution in [3.05, 3.63) is 47.0 Å². The standard InChI is InChI=1S/C15H12N4O/c1-2-20-15-13(9-17)12(8-16)14(19-15)18-10-11-6-4-3-5-7-11/h3-7,10,19H,2H2,1H3. The summed E-state index contributed by atoms with van der Waals surface area (Å²) in [7, 11) is 0. The van der Waals surface area contributed by atoms with E-state index in [2.05, 4.69) is 9.98 Å². The van der Waals surface area contributed by atoms with Crippen LogP contribution in [0, 0.1) is 22.7 Å². The number of hydrogen-bond donors (Lipinski definition) is 1. The summed E-state index contributed by atoms with van der Waals surface area (Å²) in [6.07, 6.45) is 1.63. The van der Waals surface area contributed by atoms with Gasteiger partial charge in [-0.05, 0) is 12.5 Å². The second kappa shape index (κ2) is 6.21. The van der Waals surface area contributed by atoms with Crippen molar-refractivity contribution in [2.75, 3.05) is 6.61 Å². The second-order valence-electron chi connectivity index (χ2n) is 3.88. The number of ether oxygens (including phenoxy) is 1. The molecule has 1 heterocycles. The van der Waals surface area contributed by atoms with Crippen LogP contribution in [0.15, 0.2) is 35.3 Å². The molecule has 5 heteroatoms. The first-order chi connectivity index (χ1) is 9.80. The van der Waals surface area contributed by atoms with Gasteiger partial charge in [0, 0.05) is 6.21 Å². The highest BCUT2D eigenvalue weighted by molar-refractivity contribution is 5.82. The lowest BCUT2D eigenvalue weighted by molar-refractivity contribution is 0.328. The highest BCUT2D eigenvalue weighted by Crippen LogP contribution is 2.29. The zero-order chi connectivity index (χ0) is 14.4. The van der Waals surface area contributed by atoms with Gasteiger partial charge in [0.2, 0.25) is 5.88 Å². The number of H-pyrrole nitrogens is 1. The van der Waals surface area contributed by atoms with Gasteiger partial charge in [0.1, 0.15) is 23.3 Å². The molecular formula is C15H12N4O. The van der Waals surface area contributed by atoms with Gasteiger partial charge in [-0.15, -0.1) is 0 Å². The molecule has 1 aromatic heterocycles. The van der Waals surface area contributed by atoms with Crippen molar-refractivity contribution < 1.29 is 4.74 Å². The van der Waals surface area contributed by atoms with Gasteiger partial charge in [0.05, 0.1) is 6.61 Å². The van der Waals surface area contributed by atoms with Crippen molar-refractivity contribution in [1.29, 1.82) is 10.5 Å². The topological polar surface area (TPSA) is 85.0 Å². The molecule has 0 bridgehead atoms. The largest absolute Gasteiger partial charge is 0.478 e. The molecule has 0 unspecified atom stereocenters. The van der Waals surface area contributed by atoms with E-state index in [1.165, 1.54) is 0 Å². The fourth-order valence-electron chi connectivity index (χ4n) is 1.71. The number of nitrogens with one attached hydrogen (secondary N) is 1. The molecule has 0 spiro atoms. The summed E-state index contributed by atoms with van der Waals surface area (Å²) >= 11 is 0. The number of nitrogens with zero attached hydrogens (tertiary/aromatic N) is 3. The Morgan fingerprint density at radius 3 is 2.50 bits per heavy atom. The first-order valence-electron chi connectivity index (χ1n) is 6.08. The quantitative estimate of drug-likeness (QED) is 0.861. The average Bonchev–Trinajstić information content (AvgIpc) is 2.83. The van der Waals surface area contributed by atoms with Crippen molar-refractivity contribution >= 4 is 12.0 Å². The van der Waals surface area contributed by atoms with Crippen LogP contribution in [0.25, 0.3) is 0 Å². The van der Waals surface area contributed by atoms with Gasteiger partial charge in [0.15, 0.2) is 5.82 Å². The summed E-state index contributed by atoms with van der Waals surface area (Å²) in [5.41, 5.74) is 1.29. The van der Waals surface area contributed by atoms with Crippen molar-refractivity contribution in [3.63, 3.8) is 0 Å². The highest BCUT2D eigenvalue weighted by Gasteiger charge is 2.17. The van der Waals surface area contributed by atoms with E-state index in [0.717, 1.165) is 5.56 Å². The lowest BCUT2D eigenvalue weighted by atomic mass is 10.2. The van der Waals surface area contributed by atoms with Gasteiger partial charge < -0.3 is 9.72 Å². The normalized spacial score (nSPS) is 10.2. The van der Waals surface area contributed by atoms with E-state index in [1.54, 1.807) is 13.1 Å². The first kappa shape index (κ1) is 13.4.